The van der Waals surface area contributed by atoms with E-state index in [0.717, 1.165) is 5.69 Å². The molecule has 0 aliphatic heterocycles. The van der Waals surface area contributed by atoms with E-state index in [4.69, 9.17) is 17.1 Å². The summed E-state index contributed by atoms with van der Waals surface area (Å²) < 4.78 is 3.45. The van der Waals surface area contributed by atoms with Crippen molar-refractivity contribution in [2.75, 3.05) is 0 Å². The van der Waals surface area contributed by atoms with Gasteiger partial charge in [-0.05, 0) is 24.4 Å². The molecule has 0 bridgehead atoms. The van der Waals surface area contributed by atoms with Gasteiger partial charge in [0.25, 0.3) is 0 Å². The second-order valence-electron chi connectivity index (χ2n) is 3.19. The summed E-state index contributed by atoms with van der Waals surface area (Å²) >= 11 is 5.17. The molecule has 1 aromatic heterocycles. The number of carbonyl (C=O) groups excluding carboxylic acids is 1. The van der Waals surface area contributed by atoms with Crippen LogP contribution in [-0.4, -0.2) is 15.3 Å². The molecule has 0 spiro atoms. The molecule has 2 aromatic rings. The van der Waals surface area contributed by atoms with Gasteiger partial charge in [0.15, 0.2) is 0 Å². The zero-order chi connectivity index (χ0) is 11.5. The Morgan fingerprint density at radius 3 is 2.56 bits per heavy atom. The van der Waals surface area contributed by atoms with Gasteiger partial charge in [-0.3, -0.25) is 4.57 Å². The summed E-state index contributed by atoms with van der Waals surface area (Å²) in [6.45, 7) is 1.33. The van der Waals surface area contributed by atoms with Crippen LogP contribution >= 0.6 is 12.2 Å². The molecule has 16 heavy (non-hydrogen) atoms. The van der Waals surface area contributed by atoms with E-state index in [1.807, 2.05) is 30.3 Å². The molecule has 0 radical (unpaired) electrons. The SMILES string of the molecule is CC(=O)On1ccn(-c2ccccc2)c1=S. The third-order valence-electron chi connectivity index (χ3n) is 2.01. The number of rotatable bonds is 2. The summed E-state index contributed by atoms with van der Waals surface area (Å²) in [5.74, 6) is -0.401. The van der Waals surface area contributed by atoms with E-state index in [9.17, 15) is 4.79 Å². The van der Waals surface area contributed by atoms with E-state index in [2.05, 4.69) is 0 Å². The Hall–Kier alpha value is -1.88. The fraction of sp³-hybridized carbons (Fsp3) is 0.0909. The molecule has 0 aliphatic rings. The van der Waals surface area contributed by atoms with Crippen LogP contribution in [0.5, 0.6) is 0 Å². The van der Waals surface area contributed by atoms with Gasteiger partial charge in [-0.1, -0.05) is 18.2 Å². The highest BCUT2D eigenvalue weighted by atomic mass is 32.1. The van der Waals surface area contributed by atoms with E-state index >= 15 is 0 Å². The number of carbonyl (C=O) groups is 1. The van der Waals surface area contributed by atoms with Crippen molar-refractivity contribution in [2.45, 2.75) is 6.92 Å². The van der Waals surface area contributed by atoms with Crippen LogP contribution in [0.25, 0.3) is 5.69 Å². The molecule has 0 fully saturated rings. The van der Waals surface area contributed by atoms with Crippen molar-refractivity contribution in [3.05, 3.63) is 47.5 Å². The third-order valence-corrected chi connectivity index (χ3v) is 2.38. The topological polar surface area (TPSA) is 36.2 Å². The maximum absolute atomic E-state index is 10.8. The van der Waals surface area contributed by atoms with Crippen molar-refractivity contribution in [3.63, 3.8) is 0 Å². The molecule has 0 unspecified atom stereocenters. The van der Waals surface area contributed by atoms with Crippen LogP contribution in [0.3, 0.4) is 0 Å². The van der Waals surface area contributed by atoms with Crippen LogP contribution in [0.2, 0.25) is 0 Å². The molecule has 82 valence electrons. The number of nitrogens with zero attached hydrogens (tertiary/aromatic N) is 2. The fourth-order valence-corrected chi connectivity index (χ4v) is 1.62. The molecule has 2 rings (SSSR count). The number of hydrogen-bond acceptors (Lipinski definition) is 3. The van der Waals surface area contributed by atoms with E-state index in [1.165, 1.54) is 11.7 Å². The zero-order valence-electron chi connectivity index (χ0n) is 8.66. The van der Waals surface area contributed by atoms with Gasteiger partial charge < -0.3 is 4.84 Å². The van der Waals surface area contributed by atoms with Crippen molar-refractivity contribution in [2.24, 2.45) is 0 Å². The van der Waals surface area contributed by atoms with Crippen LogP contribution in [0, 0.1) is 4.77 Å². The van der Waals surface area contributed by atoms with Crippen molar-refractivity contribution in [3.8, 4) is 5.69 Å². The van der Waals surface area contributed by atoms with E-state index < -0.39 is 5.97 Å². The molecule has 0 saturated carbocycles. The normalized spacial score (nSPS) is 10.1. The molecule has 0 amide bonds. The molecule has 0 N–H and O–H groups in total. The van der Waals surface area contributed by atoms with Gasteiger partial charge in [0, 0.05) is 18.8 Å². The van der Waals surface area contributed by atoms with Crippen LogP contribution in [0.4, 0.5) is 0 Å². The lowest BCUT2D eigenvalue weighted by atomic mass is 10.3. The Labute approximate surface area is 97.7 Å². The predicted octanol–water partition coefficient (Wildman–Crippen LogP) is 1.98. The highest BCUT2D eigenvalue weighted by Gasteiger charge is 2.03. The van der Waals surface area contributed by atoms with Crippen LogP contribution in [0.15, 0.2) is 42.7 Å². The minimum Gasteiger partial charge on any atom is -0.335 e. The second kappa shape index (κ2) is 4.32. The van der Waals surface area contributed by atoms with Crippen molar-refractivity contribution in [1.29, 1.82) is 0 Å². The van der Waals surface area contributed by atoms with Crippen molar-refractivity contribution in [1.82, 2.24) is 9.30 Å². The van der Waals surface area contributed by atoms with Gasteiger partial charge >= 0.3 is 5.97 Å². The van der Waals surface area contributed by atoms with Crippen molar-refractivity contribution < 1.29 is 9.63 Å². The van der Waals surface area contributed by atoms with Gasteiger partial charge in [-0.15, -0.1) is 0 Å². The number of benzene rings is 1. The molecule has 0 aliphatic carbocycles. The summed E-state index contributed by atoms with van der Waals surface area (Å²) in [4.78, 5) is 15.7. The van der Waals surface area contributed by atoms with Crippen LogP contribution < -0.4 is 4.84 Å². The minimum atomic E-state index is -0.401. The first-order valence-electron chi connectivity index (χ1n) is 4.73. The second-order valence-corrected chi connectivity index (χ2v) is 3.56. The highest BCUT2D eigenvalue weighted by Crippen LogP contribution is 2.08. The number of imidazole rings is 1. The highest BCUT2D eigenvalue weighted by molar-refractivity contribution is 7.71. The Kier molecular flexibility index (Phi) is 2.87. The van der Waals surface area contributed by atoms with Gasteiger partial charge in [-0.2, -0.15) is 4.73 Å². The number of aromatic nitrogens is 2. The van der Waals surface area contributed by atoms with Gasteiger partial charge in [0.1, 0.15) is 0 Å². The molecule has 1 aromatic carbocycles. The molecule has 4 nitrogen and oxygen atoms in total. The maximum atomic E-state index is 10.8. The average molecular weight is 234 g/mol. The van der Waals surface area contributed by atoms with Gasteiger partial charge in [0.05, 0.1) is 6.20 Å². The molecule has 5 heteroatoms. The predicted molar refractivity (Wildman–Crippen MR) is 61.9 cm³/mol. The first kappa shape index (κ1) is 10.6. The van der Waals surface area contributed by atoms with Crippen LogP contribution in [-0.2, 0) is 4.79 Å². The summed E-state index contributed by atoms with van der Waals surface area (Å²) in [7, 11) is 0. The number of hydrogen-bond donors (Lipinski definition) is 0. The molecule has 1 heterocycles. The lowest BCUT2D eigenvalue weighted by Crippen LogP contribution is -2.16. The molecular weight excluding hydrogens is 224 g/mol. The first-order valence-corrected chi connectivity index (χ1v) is 5.13. The monoisotopic (exact) mass is 234 g/mol. The van der Waals surface area contributed by atoms with Gasteiger partial charge in [0.2, 0.25) is 4.77 Å². The van der Waals surface area contributed by atoms with Gasteiger partial charge in [-0.25, -0.2) is 4.79 Å². The lowest BCUT2D eigenvalue weighted by Gasteiger charge is -2.02. The fourth-order valence-electron chi connectivity index (χ4n) is 1.35. The quantitative estimate of drug-likeness (QED) is 0.745. The smallest absolute Gasteiger partial charge is 0.329 e. The Bertz CT molecular complexity index is 557. The zero-order valence-corrected chi connectivity index (χ0v) is 9.48. The Morgan fingerprint density at radius 1 is 1.25 bits per heavy atom. The third kappa shape index (κ3) is 2.04. The van der Waals surface area contributed by atoms with Crippen molar-refractivity contribution >= 4 is 18.2 Å². The maximum Gasteiger partial charge on any atom is 0.329 e. The van der Waals surface area contributed by atoms with E-state index in [-0.39, 0.29) is 0 Å². The van der Waals surface area contributed by atoms with E-state index in [1.54, 1.807) is 17.0 Å². The summed E-state index contributed by atoms with van der Waals surface area (Å²) in [5, 5.41) is 0. The average Bonchev–Trinajstić information content (AvgIpc) is 2.61. The largest absolute Gasteiger partial charge is 0.335 e. The van der Waals surface area contributed by atoms with Crippen LogP contribution in [0.1, 0.15) is 6.92 Å². The number of para-hydroxylation sites is 1. The first-order chi connectivity index (χ1) is 7.68. The summed E-state index contributed by atoms with van der Waals surface area (Å²) in [6, 6.07) is 9.61. The van der Waals surface area contributed by atoms with E-state index in [0.29, 0.717) is 4.77 Å². The Morgan fingerprint density at radius 2 is 1.94 bits per heavy atom. The molecule has 0 saturated heterocycles. The molecular formula is C11H10N2O2S. The lowest BCUT2D eigenvalue weighted by molar-refractivity contribution is -0.141. The molecule has 0 atom stereocenters. The summed E-state index contributed by atoms with van der Waals surface area (Å²) in [5.41, 5.74) is 0.929. The Balaban J connectivity index is 2.42. The standard InChI is InChI=1S/C11H10N2O2S/c1-9(14)15-13-8-7-12(11(13)16)10-5-3-2-4-6-10/h2-8H,1H3. The minimum absolute atomic E-state index is 0.401. The summed E-state index contributed by atoms with van der Waals surface area (Å²) in [6.07, 6.45) is 3.36.